The summed E-state index contributed by atoms with van der Waals surface area (Å²) in [5, 5.41) is 14.1. The SMILES string of the molecule is CC(F)=NC(=N)c1[nH]c(Cc2cc3c(cc2I)OCO3)nc1NCCNC(=O)C(C)(C)C. The Bertz CT molecular complexity index is 1060. The molecule has 1 aliphatic heterocycles. The van der Waals surface area contributed by atoms with Gasteiger partial charge in [0.25, 0.3) is 0 Å². The first-order valence-corrected chi connectivity index (χ1v) is 11.1. The summed E-state index contributed by atoms with van der Waals surface area (Å²) < 4.78 is 25.1. The molecule has 9 nitrogen and oxygen atoms in total. The number of carbonyl (C=O) groups is 1. The van der Waals surface area contributed by atoms with Crippen molar-refractivity contribution in [2.45, 2.75) is 34.1 Å². The number of benzene rings is 1. The van der Waals surface area contributed by atoms with Crippen molar-refractivity contribution in [3.8, 4) is 11.5 Å². The van der Waals surface area contributed by atoms with Gasteiger partial charge >= 0.3 is 0 Å². The van der Waals surface area contributed by atoms with Crippen molar-refractivity contribution in [2.75, 3.05) is 25.2 Å². The number of nitrogens with zero attached hydrogens (tertiary/aromatic N) is 2. The van der Waals surface area contributed by atoms with Crippen molar-refractivity contribution >= 4 is 46.1 Å². The summed E-state index contributed by atoms with van der Waals surface area (Å²) in [6.07, 6.45) is 0.440. The molecule has 1 aromatic carbocycles. The molecule has 1 amide bonds. The minimum absolute atomic E-state index is 0.0648. The Morgan fingerprint density at radius 2 is 2.00 bits per heavy atom. The van der Waals surface area contributed by atoms with E-state index in [0.717, 1.165) is 9.13 Å². The number of halogens is 2. The molecule has 0 fully saturated rings. The van der Waals surface area contributed by atoms with Gasteiger partial charge in [0.15, 0.2) is 29.1 Å². The standard InChI is InChI=1S/C21H26FIN6O3/c1-11(22)27-18(24)17-19(25-5-6-26-20(30)21(2,3)4)29-16(28-17)8-12-7-14-15(9-13(12)23)32-10-31-14/h7,9,24-25H,5-6,8,10H2,1-4H3,(H,26,30)(H,28,29). The third kappa shape index (κ3) is 5.96. The average molecular weight is 556 g/mol. The third-order valence-corrected chi connectivity index (χ3v) is 5.54. The quantitative estimate of drug-likeness (QED) is 0.180. The molecule has 0 bridgehead atoms. The molecule has 32 heavy (non-hydrogen) atoms. The summed E-state index contributed by atoms with van der Waals surface area (Å²) in [5.74, 6) is 1.26. The van der Waals surface area contributed by atoms with Gasteiger partial charge in [0.05, 0.1) is 0 Å². The van der Waals surface area contributed by atoms with Gasteiger partial charge in [-0.25, -0.2) is 9.98 Å². The average Bonchev–Trinajstić information content (AvgIpc) is 3.30. The number of nitrogens with one attached hydrogen (secondary N) is 4. The van der Waals surface area contributed by atoms with Crippen LogP contribution in [0.2, 0.25) is 0 Å². The molecule has 0 unspecified atom stereocenters. The van der Waals surface area contributed by atoms with E-state index >= 15 is 0 Å². The van der Waals surface area contributed by atoms with Crippen molar-refractivity contribution in [3.63, 3.8) is 0 Å². The Hall–Kier alpha value is -2.70. The summed E-state index contributed by atoms with van der Waals surface area (Å²) in [6.45, 7) is 7.63. The molecule has 0 radical (unpaired) electrons. The largest absolute Gasteiger partial charge is 0.454 e. The Kier molecular flexibility index (Phi) is 7.36. The molecule has 2 heterocycles. The normalized spacial score (nSPS) is 13.2. The van der Waals surface area contributed by atoms with Crippen molar-refractivity contribution in [2.24, 2.45) is 10.4 Å². The van der Waals surface area contributed by atoms with Crippen molar-refractivity contribution < 1.29 is 18.7 Å². The minimum Gasteiger partial charge on any atom is -0.454 e. The van der Waals surface area contributed by atoms with E-state index < -0.39 is 11.4 Å². The van der Waals surface area contributed by atoms with Gasteiger partial charge in [-0.15, -0.1) is 0 Å². The molecular weight excluding hydrogens is 530 g/mol. The van der Waals surface area contributed by atoms with Crippen molar-refractivity contribution in [3.05, 3.63) is 32.8 Å². The summed E-state index contributed by atoms with van der Waals surface area (Å²) in [6, 6.07) is 3.80. The van der Waals surface area contributed by atoms with Crippen LogP contribution in [0, 0.1) is 14.4 Å². The monoisotopic (exact) mass is 556 g/mol. The van der Waals surface area contributed by atoms with Gasteiger partial charge in [0, 0.05) is 35.4 Å². The maximum absolute atomic E-state index is 13.3. The highest BCUT2D eigenvalue weighted by Gasteiger charge is 2.21. The number of carbonyl (C=O) groups excluding carboxylic acids is 1. The van der Waals surface area contributed by atoms with Gasteiger partial charge in [-0.1, -0.05) is 20.8 Å². The van der Waals surface area contributed by atoms with E-state index in [-0.39, 0.29) is 24.2 Å². The highest BCUT2D eigenvalue weighted by atomic mass is 127. The van der Waals surface area contributed by atoms with Crippen molar-refractivity contribution in [1.29, 1.82) is 5.41 Å². The maximum atomic E-state index is 13.3. The van der Waals surface area contributed by atoms with Crippen LogP contribution in [-0.4, -0.2) is 47.6 Å². The van der Waals surface area contributed by atoms with Crippen LogP contribution in [0.3, 0.4) is 0 Å². The van der Waals surface area contributed by atoms with Crippen LogP contribution in [0.25, 0.3) is 0 Å². The zero-order chi connectivity index (χ0) is 23.5. The van der Waals surface area contributed by atoms with E-state index in [1.807, 2.05) is 32.9 Å². The van der Waals surface area contributed by atoms with Crippen LogP contribution in [0.4, 0.5) is 10.2 Å². The molecule has 172 valence electrons. The van der Waals surface area contributed by atoms with Gasteiger partial charge in [-0.3, -0.25) is 10.2 Å². The third-order valence-electron chi connectivity index (χ3n) is 4.54. The lowest BCUT2D eigenvalue weighted by atomic mass is 9.96. The molecule has 0 spiro atoms. The fourth-order valence-corrected chi connectivity index (χ4v) is 3.54. The number of aliphatic imine (C=N–C) groups is 1. The Morgan fingerprint density at radius 3 is 2.66 bits per heavy atom. The van der Waals surface area contributed by atoms with Gasteiger partial charge in [-0.2, -0.15) is 4.39 Å². The Balaban J connectivity index is 1.76. The number of hydrogen-bond donors (Lipinski definition) is 4. The smallest absolute Gasteiger partial charge is 0.231 e. The number of aromatic amines is 1. The van der Waals surface area contributed by atoms with Crippen LogP contribution in [0.15, 0.2) is 17.1 Å². The van der Waals surface area contributed by atoms with Gasteiger partial charge in [0.2, 0.25) is 12.7 Å². The predicted octanol–water partition coefficient (Wildman–Crippen LogP) is 3.62. The van der Waals surface area contributed by atoms with Gasteiger partial charge < -0.3 is 25.1 Å². The summed E-state index contributed by atoms with van der Waals surface area (Å²) in [4.78, 5) is 23.2. The van der Waals surface area contributed by atoms with Crippen LogP contribution < -0.4 is 20.1 Å². The number of ether oxygens (including phenoxy) is 2. The second-order valence-corrected chi connectivity index (χ2v) is 9.43. The number of H-pyrrole nitrogens is 1. The van der Waals surface area contributed by atoms with E-state index in [1.165, 1.54) is 6.92 Å². The number of rotatable bonds is 7. The van der Waals surface area contributed by atoms with Gasteiger partial charge in [-0.05, 0) is 40.3 Å². The molecule has 0 atom stereocenters. The molecule has 0 saturated heterocycles. The van der Waals surface area contributed by atoms with Gasteiger partial charge in [0.1, 0.15) is 11.5 Å². The van der Waals surface area contributed by atoms with Crippen LogP contribution in [0.1, 0.15) is 44.8 Å². The molecule has 0 aliphatic carbocycles. The predicted molar refractivity (Wildman–Crippen MR) is 129 cm³/mol. The summed E-state index contributed by atoms with van der Waals surface area (Å²) in [7, 11) is 0. The lowest BCUT2D eigenvalue weighted by Crippen LogP contribution is -2.37. The zero-order valence-electron chi connectivity index (χ0n) is 18.4. The molecule has 11 heteroatoms. The number of anilines is 1. The lowest BCUT2D eigenvalue weighted by Gasteiger charge is -2.17. The number of amidine groups is 1. The van der Waals surface area contributed by atoms with Crippen LogP contribution in [0.5, 0.6) is 11.5 Å². The molecule has 0 saturated carbocycles. The van der Waals surface area contributed by atoms with E-state index in [4.69, 9.17) is 14.9 Å². The number of hydrogen-bond acceptors (Lipinski definition) is 6. The topological polar surface area (TPSA) is 124 Å². The fraction of sp³-hybridized carbons (Fsp3) is 0.429. The Labute approximate surface area is 199 Å². The molecule has 2 aromatic rings. The second-order valence-electron chi connectivity index (χ2n) is 8.27. The van der Waals surface area contributed by atoms with E-state index in [9.17, 15) is 9.18 Å². The minimum atomic E-state index is -0.722. The van der Waals surface area contributed by atoms with E-state index in [2.05, 4.69) is 48.2 Å². The summed E-state index contributed by atoms with van der Waals surface area (Å²) in [5.41, 5.74) is 0.757. The lowest BCUT2D eigenvalue weighted by molar-refractivity contribution is -0.128. The number of fused-ring (bicyclic) bond motifs is 1. The summed E-state index contributed by atoms with van der Waals surface area (Å²) >= 11 is 2.22. The molecule has 3 rings (SSSR count). The number of imidazole rings is 1. The van der Waals surface area contributed by atoms with Crippen LogP contribution in [-0.2, 0) is 11.2 Å². The van der Waals surface area contributed by atoms with E-state index in [1.54, 1.807) is 0 Å². The molecule has 4 N–H and O–H groups in total. The molecule has 1 aromatic heterocycles. The highest BCUT2D eigenvalue weighted by Crippen LogP contribution is 2.36. The fourth-order valence-electron chi connectivity index (χ4n) is 2.91. The first-order valence-electron chi connectivity index (χ1n) is 10.0. The second kappa shape index (κ2) is 9.84. The van der Waals surface area contributed by atoms with Crippen LogP contribution >= 0.6 is 22.6 Å². The Morgan fingerprint density at radius 1 is 1.31 bits per heavy atom. The van der Waals surface area contributed by atoms with Crippen molar-refractivity contribution in [1.82, 2.24) is 15.3 Å². The first-order chi connectivity index (χ1) is 15.0. The highest BCUT2D eigenvalue weighted by molar-refractivity contribution is 14.1. The number of aromatic nitrogens is 2. The maximum Gasteiger partial charge on any atom is 0.231 e. The number of amides is 1. The molecular formula is C21H26FIN6O3. The zero-order valence-corrected chi connectivity index (χ0v) is 20.5. The van der Waals surface area contributed by atoms with E-state index in [0.29, 0.717) is 42.7 Å². The molecule has 1 aliphatic rings. The first kappa shape index (κ1) is 24.0.